The molecule has 0 fully saturated rings. The highest BCUT2D eigenvalue weighted by Crippen LogP contribution is 2.30. The molecular formula is C22H17F3N4O2. The molecule has 0 radical (unpaired) electrons. The molecular weight excluding hydrogens is 409 g/mol. The van der Waals surface area contributed by atoms with Crippen LogP contribution in [0.5, 0.6) is 0 Å². The zero-order valence-corrected chi connectivity index (χ0v) is 16.6. The van der Waals surface area contributed by atoms with Crippen molar-refractivity contribution in [3.8, 4) is 11.3 Å². The maximum absolute atomic E-state index is 13.8. The maximum Gasteiger partial charge on any atom is 0.356 e. The number of carboxylic acids is 1. The number of carbonyl (C=O) groups is 1. The molecule has 4 rings (SSSR count). The minimum absolute atomic E-state index is 0.0130. The van der Waals surface area contributed by atoms with Crippen LogP contribution in [0.1, 0.15) is 29.0 Å². The Labute approximate surface area is 175 Å². The van der Waals surface area contributed by atoms with Gasteiger partial charge in [0.2, 0.25) is 0 Å². The van der Waals surface area contributed by atoms with Gasteiger partial charge in [0.1, 0.15) is 5.82 Å². The fourth-order valence-corrected chi connectivity index (χ4v) is 3.32. The molecule has 0 aliphatic carbocycles. The number of carboxylic acid groups (broad SMARTS) is 1. The lowest BCUT2D eigenvalue weighted by atomic mass is 10.1. The van der Waals surface area contributed by atoms with Crippen LogP contribution >= 0.6 is 0 Å². The van der Waals surface area contributed by atoms with Crippen LogP contribution in [0.3, 0.4) is 0 Å². The average molecular weight is 426 g/mol. The minimum Gasteiger partial charge on any atom is -0.476 e. The molecule has 2 aromatic heterocycles. The van der Waals surface area contributed by atoms with Gasteiger partial charge < -0.3 is 10.0 Å². The van der Waals surface area contributed by atoms with E-state index in [0.717, 1.165) is 17.7 Å². The van der Waals surface area contributed by atoms with Crippen molar-refractivity contribution in [2.45, 2.75) is 13.0 Å². The quantitative estimate of drug-likeness (QED) is 0.468. The summed E-state index contributed by atoms with van der Waals surface area (Å²) in [6.45, 7) is 1.94. The Kier molecular flexibility index (Phi) is 5.10. The van der Waals surface area contributed by atoms with E-state index in [1.807, 2.05) is 42.2 Å². The molecule has 2 aromatic carbocycles. The van der Waals surface area contributed by atoms with Gasteiger partial charge in [-0.3, -0.25) is 0 Å². The molecule has 0 unspecified atom stereocenters. The molecule has 0 saturated carbocycles. The number of nitrogens with zero attached hydrogens (tertiary/aromatic N) is 4. The Balaban J connectivity index is 1.91. The summed E-state index contributed by atoms with van der Waals surface area (Å²) in [4.78, 5) is 17.6. The Morgan fingerprint density at radius 1 is 1.06 bits per heavy atom. The molecule has 2 heterocycles. The lowest BCUT2D eigenvalue weighted by molar-refractivity contribution is 0.0690. The first kappa shape index (κ1) is 20.4. The van der Waals surface area contributed by atoms with Gasteiger partial charge in [0.15, 0.2) is 28.8 Å². The van der Waals surface area contributed by atoms with E-state index in [0.29, 0.717) is 5.82 Å². The number of rotatable bonds is 5. The fraction of sp³-hybridized carbons (Fsp3) is 0.136. The molecule has 0 amide bonds. The Morgan fingerprint density at radius 3 is 2.32 bits per heavy atom. The van der Waals surface area contributed by atoms with Crippen molar-refractivity contribution < 1.29 is 23.1 Å². The topological polar surface area (TPSA) is 70.7 Å². The third-order valence-electron chi connectivity index (χ3n) is 5.13. The highest BCUT2D eigenvalue weighted by atomic mass is 19.2. The first-order valence-corrected chi connectivity index (χ1v) is 9.33. The number of fused-ring (bicyclic) bond motifs is 1. The molecule has 0 aliphatic rings. The smallest absolute Gasteiger partial charge is 0.356 e. The molecule has 9 heteroatoms. The second kappa shape index (κ2) is 7.75. The number of halogens is 3. The zero-order valence-electron chi connectivity index (χ0n) is 16.6. The minimum atomic E-state index is -1.57. The second-order valence-electron chi connectivity index (χ2n) is 7.06. The lowest BCUT2D eigenvalue weighted by Crippen LogP contribution is -2.24. The molecule has 1 atom stereocenters. The van der Waals surface area contributed by atoms with Crippen molar-refractivity contribution in [1.29, 1.82) is 0 Å². The molecule has 31 heavy (non-hydrogen) atoms. The Hall–Kier alpha value is -3.88. The number of aromatic carboxylic acids is 1. The maximum atomic E-state index is 13.8. The summed E-state index contributed by atoms with van der Waals surface area (Å²) in [5.41, 5.74) is 1.08. The monoisotopic (exact) mass is 426 g/mol. The van der Waals surface area contributed by atoms with Gasteiger partial charge in [-0.25, -0.2) is 22.9 Å². The van der Waals surface area contributed by atoms with E-state index in [4.69, 9.17) is 0 Å². The average Bonchev–Trinajstić information content (AvgIpc) is 3.20. The van der Waals surface area contributed by atoms with Gasteiger partial charge in [0.25, 0.3) is 0 Å². The Bertz CT molecular complexity index is 1270. The molecule has 6 nitrogen and oxygen atoms in total. The number of aromatic nitrogens is 3. The van der Waals surface area contributed by atoms with E-state index in [9.17, 15) is 23.1 Å². The van der Waals surface area contributed by atoms with Crippen molar-refractivity contribution in [3.63, 3.8) is 0 Å². The Morgan fingerprint density at radius 2 is 1.71 bits per heavy atom. The van der Waals surface area contributed by atoms with Crippen LogP contribution in [0.25, 0.3) is 16.9 Å². The molecule has 1 N–H and O–H groups in total. The summed E-state index contributed by atoms with van der Waals surface area (Å²) in [7, 11) is 1.78. The number of anilines is 1. The van der Waals surface area contributed by atoms with Crippen molar-refractivity contribution in [3.05, 3.63) is 83.3 Å². The van der Waals surface area contributed by atoms with E-state index in [2.05, 4.69) is 10.1 Å². The third-order valence-corrected chi connectivity index (χ3v) is 5.13. The summed E-state index contributed by atoms with van der Waals surface area (Å²) in [6, 6.07) is 13.9. The summed E-state index contributed by atoms with van der Waals surface area (Å²) in [5.74, 6) is -5.06. The zero-order chi connectivity index (χ0) is 22.3. The van der Waals surface area contributed by atoms with Crippen LogP contribution in [0, 0.1) is 17.5 Å². The molecule has 0 spiro atoms. The molecule has 0 bridgehead atoms. The normalized spacial score (nSPS) is 12.2. The molecule has 0 aliphatic heterocycles. The van der Waals surface area contributed by atoms with E-state index >= 15 is 0 Å². The largest absolute Gasteiger partial charge is 0.476 e. The number of hydrogen-bond acceptors (Lipinski definition) is 4. The van der Waals surface area contributed by atoms with Gasteiger partial charge in [-0.05, 0) is 24.6 Å². The van der Waals surface area contributed by atoms with Crippen LogP contribution in [0.4, 0.5) is 19.0 Å². The standard InChI is InChI=1S/C22H17F3N4O2/c1-12(13-6-4-3-5-7-13)28(2)20-11-17(14-8-15(23)21(25)16(24)9-14)26-19-10-18(22(30)31)27-29(19)20/h3-12H,1-2H3,(H,30,31)/t12-/m0/s1. The first-order chi connectivity index (χ1) is 14.8. The summed E-state index contributed by atoms with van der Waals surface area (Å²) >= 11 is 0. The molecule has 0 saturated heterocycles. The van der Waals surface area contributed by atoms with E-state index in [-0.39, 0.29) is 28.6 Å². The summed E-state index contributed by atoms with van der Waals surface area (Å²) in [5, 5.41) is 13.4. The van der Waals surface area contributed by atoms with Crippen molar-refractivity contribution in [1.82, 2.24) is 14.6 Å². The van der Waals surface area contributed by atoms with Gasteiger partial charge >= 0.3 is 5.97 Å². The first-order valence-electron chi connectivity index (χ1n) is 9.33. The van der Waals surface area contributed by atoms with Crippen molar-refractivity contribution in [2.75, 3.05) is 11.9 Å². The van der Waals surface area contributed by atoms with Crippen LogP contribution in [0.15, 0.2) is 54.6 Å². The van der Waals surface area contributed by atoms with Gasteiger partial charge in [0, 0.05) is 24.7 Å². The lowest BCUT2D eigenvalue weighted by Gasteiger charge is -2.28. The van der Waals surface area contributed by atoms with Crippen molar-refractivity contribution >= 4 is 17.4 Å². The van der Waals surface area contributed by atoms with Gasteiger partial charge in [0.05, 0.1) is 11.7 Å². The van der Waals surface area contributed by atoms with Crippen LogP contribution in [-0.2, 0) is 0 Å². The highest BCUT2D eigenvalue weighted by Gasteiger charge is 2.21. The highest BCUT2D eigenvalue weighted by molar-refractivity contribution is 5.87. The van der Waals surface area contributed by atoms with Crippen LogP contribution in [0.2, 0.25) is 0 Å². The summed E-state index contributed by atoms with van der Waals surface area (Å²) in [6.07, 6.45) is 0. The van der Waals surface area contributed by atoms with E-state index in [1.54, 1.807) is 7.05 Å². The number of hydrogen-bond donors (Lipinski definition) is 1. The SMILES string of the molecule is C[C@@H](c1ccccc1)N(C)c1cc(-c2cc(F)c(F)c(F)c2)nc2cc(C(=O)O)nn12. The predicted octanol–water partition coefficient (Wildman–Crippen LogP) is 4.71. The van der Waals surface area contributed by atoms with E-state index in [1.165, 1.54) is 16.6 Å². The fourth-order valence-electron chi connectivity index (χ4n) is 3.32. The van der Waals surface area contributed by atoms with Crippen LogP contribution in [-0.4, -0.2) is 32.7 Å². The predicted molar refractivity (Wildman–Crippen MR) is 109 cm³/mol. The molecule has 158 valence electrons. The summed E-state index contributed by atoms with van der Waals surface area (Å²) < 4.78 is 42.4. The van der Waals surface area contributed by atoms with Gasteiger partial charge in [-0.15, -0.1) is 0 Å². The van der Waals surface area contributed by atoms with Crippen LogP contribution < -0.4 is 4.90 Å². The van der Waals surface area contributed by atoms with Crippen molar-refractivity contribution in [2.24, 2.45) is 0 Å². The third kappa shape index (κ3) is 3.70. The van der Waals surface area contributed by atoms with Gasteiger partial charge in [-0.1, -0.05) is 30.3 Å². The second-order valence-corrected chi connectivity index (χ2v) is 7.06. The van der Waals surface area contributed by atoms with E-state index < -0.39 is 23.4 Å². The number of benzene rings is 2. The van der Waals surface area contributed by atoms with Gasteiger partial charge in [-0.2, -0.15) is 9.61 Å². The molecule has 4 aromatic rings.